The van der Waals surface area contributed by atoms with Crippen molar-refractivity contribution < 1.29 is 56.2 Å². The number of allylic oxidation sites excluding steroid dienone is 10. The minimum absolute atomic E-state index is 0.0211. The summed E-state index contributed by atoms with van der Waals surface area (Å²) in [6, 6.07) is 0. The van der Waals surface area contributed by atoms with Crippen LogP contribution < -0.4 is 0 Å². The number of ether oxygens (including phenoxy) is 4. The van der Waals surface area contributed by atoms with Crippen LogP contribution in [0.4, 0.5) is 0 Å². The molecule has 0 amide bonds. The molecule has 1 aliphatic heterocycles. The predicted molar refractivity (Wildman–Crippen MR) is 253 cm³/mol. The van der Waals surface area contributed by atoms with Crippen molar-refractivity contribution in [2.24, 2.45) is 0 Å². The van der Waals surface area contributed by atoms with Crippen molar-refractivity contribution in [1.29, 1.82) is 0 Å². The Morgan fingerprint density at radius 2 is 1.05 bits per heavy atom. The molecule has 12 nitrogen and oxygen atoms in total. The van der Waals surface area contributed by atoms with Gasteiger partial charge in [0.1, 0.15) is 30.5 Å². The van der Waals surface area contributed by atoms with E-state index < -0.39 is 59.8 Å². The summed E-state index contributed by atoms with van der Waals surface area (Å²) in [6.07, 6.45) is 42.4. The number of hydrogen-bond donors (Lipinski definition) is 4. The Hall–Kier alpha value is -2.20. The van der Waals surface area contributed by atoms with Gasteiger partial charge in [0.05, 0.1) is 19.8 Å². The molecule has 0 aromatic rings. The Morgan fingerprint density at radius 3 is 1.56 bits per heavy atom. The highest BCUT2D eigenvalue weighted by Gasteiger charge is 2.48. The van der Waals surface area contributed by atoms with Crippen LogP contribution in [-0.4, -0.2) is 97.5 Å². The maximum atomic E-state index is 12.9. The van der Waals surface area contributed by atoms with Gasteiger partial charge >= 0.3 is 16.4 Å². The van der Waals surface area contributed by atoms with Gasteiger partial charge in [-0.25, -0.2) is 4.18 Å². The largest absolute Gasteiger partial charge is 0.457 e. The van der Waals surface area contributed by atoms with E-state index >= 15 is 0 Å². The second-order valence-corrected chi connectivity index (χ2v) is 17.7. The van der Waals surface area contributed by atoms with E-state index in [1.54, 1.807) is 0 Å². The van der Waals surface area contributed by atoms with Gasteiger partial charge in [-0.05, 0) is 83.5 Å². The second-order valence-electron chi connectivity index (χ2n) is 16.7. The van der Waals surface area contributed by atoms with Crippen molar-refractivity contribution in [1.82, 2.24) is 0 Å². The number of unbranched alkanes of at least 4 members (excludes halogenated alkanes) is 19. The first kappa shape index (κ1) is 58.8. The normalized spacial score (nSPS) is 20.4. The average molecular weight is 913 g/mol. The molecule has 6 unspecified atom stereocenters. The van der Waals surface area contributed by atoms with Gasteiger partial charge in [-0.2, -0.15) is 8.42 Å². The molecule has 0 saturated carbocycles. The molecular formula is C50H88O12S. The third kappa shape index (κ3) is 34.8. The zero-order valence-electron chi connectivity index (χ0n) is 39.1. The van der Waals surface area contributed by atoms with Crippen LogP contribution in [0, 0.1) is 0 Å². The number of aliphatic hydroxyl groups excluding tert-OH is 3. The number of carbonyl (C=O) groups excluding carboxylic acids is 1. The fourth-order valence-electron chi connectivity index (χ4n) is 7.12. The number of rotatable bonds is 42. The fourth-order valence-corrected chi connectivity index (χ4v) is 7.63. The fraction of sp³-hybridized carbons (Fsp3) is 0.780. The Labute approximate surface area is 382 Å². The summed E-state index contributed by atoms with van der Waals surface area (Å²) in [5.41, 5.74) is 0. The summed E-state index contributed by atoms with van der Waals surface area (Å²) >= 11 is 0. The van der Waals surface area contributed by atoms with Gasteiger partial charge in [0.15, 0.2) is 6.29 Å². The Kier molecular flexibility index (Phi) is 38.5. The summed E-state index contributed by atoms with van der Waals surface area (Å²) in [5, 5.41) is 30.7. The lowest BCUT2D eigenvalue weighted by Crippen LogP contribution is -2.60. The monoisotopic (exact) mass is 913 g/mol. The molecule has 0 radical (unpaired) electrons. The zero-order chi connectivity index (χ0) is 46.1. The van der Waals surface area contributed by atoms with E-state index in [1.807, 2.05) is 0 Å². The van der Waals surface area contributed by atoms with E-state index in [9.17, 15) is 33.1 Å². The van der Waals surface area contributed by atoms with Crippen molar-refractivity contribution in [3.05, 3.63) is 60.8 Å². The SMILES string of the molecule is CCCCC/C=C\C/C=C\C/C=C\CCCCCCCCCOCC(COC1OC(CO)C(O)C(OS(=O)(=O)O)C1O)OC(=O)CCCCCCC/C=C\C/C=C\CCCCCC. The lowest BCUT2D eigenvalue weighted by Gasteiger charge is -2.41. The Bertz CT molecular complexity index is 1330. The van der Waals surface area contributed by atoms with Crippen LogP contribution in [-0.2, 0) is 38.3 Å². The first-order valence-corrected chi connectivity index (χ1v) is 25.9. The van der Waals surface area contributed by atoms with Crippen molar-refractivity contribution >= 4 is 16.4 Å². The number of esters is 1. The second kappa shape index (κ2) is 41.2. The van der Waals surface area contributed by atoms with E-state index in [2.05, 4.69) is 78.8 Å². The topological polar surface area (TPSA) is 178 Å². The molecular weight excluding hydrogens is 825 g/mol. The van der Waals surface area contributed by atoms with Gasteiger partial charge < -0.3 is 34.3 Å². The van der Waals surface area contributed by atoms with Crippen LogP contribution in [0.1, 0.15) is 187 Å². The Balaban J connectivity index is 2.41. The molecule has 6 atom stereocenters. The van der Waals surface area contributed by atoms with Crippen molar-refractivity contribution in [3.8, 4) is 0 Å². The standard InChI is InChI=1S/C50H88O12S/c1-3-5-7-9-11-13-15-17-19-21-22-23-24-26-28-30-32-34-36-38-40-58-42-44(43-59-50-48(54)49(62-63(55,56)57)47(53)45(41-51)61-50)60-46(52)39-37-35-33-31-29-27-25-20-18-16-14-12-10-8-6-4-2/h11,13-14,16-17,19-20,22-23,25,44-45,47-51,53-54H,3-10,12,15,18,21,24,26-43H2,1-2H3,(H,55,56,57)/b13-11-,16-14-,19-17-,23-22-,25-20-. The molecule has 1 heterocycles. The third-order valence-electron chi connectivity index (χ3n) is 10.9. The van der Waals surface area contributed by atoms with E-state index in [4.69, 9.17) is 18.9 Å². The first-order valence-electron chi connectivity index (χ1n) is 24.5. The molecule has 13 heteroatoms. The van der Waals surface area contributed by atoms with E-state index in [-0.39, 0.29) is 19.6 Å². The first-order chi connectivity index (χ1) is 30.6. The van der Waals surface area contributed by atoms with Gasteiger partial charge in [0.2, 0.25) is 0 Å². The van der Waals surface area contributed by atoms with Crippen LogP contribution in [0.3, 0.4) is 0 Å². The molecule has 4 N–H and O–H groups in total. The zero-order valence-corrected chi connectivity index (χ0v) is 39.9. The molecule has 1 rings (SSSR count). The van der Waals surface area contributed by atoms with Gasteiger partial charge in [-0.3, -0.25) is 9.35 Å². The highest BCUT2D eigenvalue weighted by atomic mass is 32.3. The van der Waals surface area contributed by atoms with Crippen molar-refractivity contribution in [2.45, 2.75) is 224 Å². The number of hydrogen-bond acceptors (Lipinski definition) is 11. The maximum absolute atomic E-state index is 12.9. The van der Waals surface area contributed by atoms with E-state index in [0.717, 1.165) is 89.9 Å². The molecule has 0 aliphatic carbocycles. The van der Waals surface area contributed by atoms with Gasteiger partial charge in [-0.15, -0.1) is 0 Å². The average Bonchev–Trinajstić information content (AvgIpc) is 3.26. The minimum Gasteiger partial charge on any atom is -0.457 e. The summed E-state index contributed by atoms with van der Waals surface area (Å²) in [6.45, 7) is 3.90. The quantitative estimate of drug-likeness (QED) is 0.0197. The molecule has 366 valence electrons. The highest BCUT2D eigenvalue weighted by Crippen LogP contribution is 2.26. The molecule has 0 aromatic heterocycles. The number of aliphatic hydroxyl groups is 3. The smallest absolute Gasteiger partial charge is 0.397 e. The van der Waals surface area contributed by atoms with Gasteiger partial charge in [0.25, 0.3) is 0 Å². The molecule has 0 aromatic carbocycles. The summed E-state index contributed by atoms with van der Waals surface area (Å²) in [7, 11) is -5.07. The van der Waals surface area contributed by atoms with Gasteiger partial charge in [0, 0.05) is 13.0 Å². The van der Waals surface area contributed by atoms with Crippen LogP contribution in [0.2, 0.25) is 0 Å². The van der Waals surface area contributed by atoms with Gasteiger partial charge in [-0.1, -0.05) is 158 Å². The summed E-state index contributed by atoms with van der Waals surface area (Å²) < 4.78 is 59.2. The molecule has 0 bridgehead atoms. The van der Waals surface area contributed by atoms with Crippen molar-refractivity contribution in [3.63, 3.8) is 0 Å². The lowest BCUT2D eigenvalue weighted by atomic mass is 9.99. The Morgan fingerprint density at radius 1 is 0.603 bits per heavy atom. The molecule has 1 saturated heterocycles. The van der Waals surface area contributed by atoms with Crippen LogP contribution in [0.15, 0.2) is 60.8 Å². The highest BCUT2D eigenvalue weighted by molar-refractivity contribution is 7.80. The maximum Gasteiger partial charge on any atom is 0.397 e. The number of carbonyl (C=O) groups is 1. The summed E-state index contributed by atoms with van der Waals surface area (Å²) in [5.74, 6) is -0.418. The van der Waals surface area contributed by atoms with Crippen LogP contribution in [0.5, 0.6) is 0 Å². The summed E-state index contributed by atoms with van der Waals surface area (Å²) in [4.78, 5) is 12.9. The van der Waals surface area contributed by atoms with Crippen LogP contribution >= 0.6 is 0 Å². The molecule has 0 spiro atoms. The van der Waals surface area contributed by atoms with E-state index in [1.165, 1.54) is 70.6 Å². The lowest BCUT2D eigenvalue weighted by molar-refractivity contribution is -0.301. The predicted octanol–water partition coefficient (Wildman–Crippen LogP) is 10.9. The van der Waals surface area contributed by atoms with Crippen LogP contribution in [0.25, 0.3) is 0 Å². The third-order valence-corrected chi connectivity index (χ3v) is 11.3. The van der Waals surface area contributed by atoms with Crippen molar-refractivity contribution in [2.75, 3.05) is 26.4 Å². The molecule has 63 heavy (non-hydrogen) atoms. The molecule has 1 fully saturated rings. The van der Waals surface area contributed by atoms with E-state index in [0.29, 0.717) is 13.0 Å². The molecule has 1 aliphatic rings. The minimum atomic E-state index is -5.07.